The molecule has 16 heavy (non-hydrogen) atoms. The van der Waals surface area contributed by atoms with Crippen LogP contribution in [0, 0.1) is 0 Å². The lowest BCUT2D eigenvalue weighted by Crippen LogP contribution is -2.29. The van der Waals surface area contributed by atoms with Crippen LogP contribution in [0.15, 0.2) is 18.2 Å². The summed E-state index contributed by atoms with van der Waals surface area (Å²) < 4.78 is 10.0. The van der Waals surface area contributed by atoms with Gasteiger partial charge < -0.3 is 14.6 Å². The fraction of sp³-hybridized carbons (Fsp3) is 0.417. The number of ether oxygens (including phenoxy) is 2. The number of methoxy groups -OCH3 is 1. The molecule has 1 aliphatic rings. The number of aliphatic hydroxyl groups is 1. The normalized spacial score (nSPS) is 23.2. The van der Waals surface area contributed by atoms with Crippen LogP contribution in [0.3, 0.4) is 0 Å². The topological polar surface area (TPSA) is 55.8 Å². The molecule has 0 radical (unpaired) electrons. The predicted molar refractivity (Wildman–Crippen MR) is 57.5 cm³/mol. The predicted octanol–water partition coefficient (Wildman–Crippen LogP) is 1.46. The second kappa shape index (κ2) is 3.79. The first kappa shape index (κ1) is 11.0. The van der Waals surface area contributed by atoms with Gasteiger partial charge in [0.2, 0.25) is 0 Å². The monoisotopic (exact) mass is 222 g/mol. The Kier molecular flexibility index (Phi) is 2.59. The van der Waals surface area contributed by atoms with Crippen molar-refractivity contribution < 1.29 is 19.4 Å². The summed E-state index contributed by atoms with van der Waals surface area (Å²) in [6.07, 6.45) is 0.553. The molecule has 86 valence electrons. The molecule has 0 aliphatic carbocycles. The van der Waals surface area contributed by atoms with Gasteiger partial charge in [-0.15, -0.1) is 0 Å². The van der Waals surface area contributed by atoms with Crippen molar-refractivity contribution in [2.45, 2.75) is 18.9 Å². The average molecular weight is 222 g/mol. The number of hydrogen-bond donors (Lipinski definition) is 1. The highest BCUT2D eigenvalue weighted by Gasteiger charge is 2.31. The molecule has 0 amide bonds. The van der Waals surface area contributed by atoms with E-state index in [-0.39, 0.29) is 0 Å². The molecule has 1 aromatic carbocycles. The fourth-order valence-electron chi connectivity index (χ4n) is 1.83. The number of rotatable bonds is 1. The maximum absolute atomic E-state index is 11.3. The molecule has 0 fully saturated rings. The van der Waals surface area contributed by atoms with E-state index in [1.165, 1.54) is 7.11 Å². The van der Waals surface area contributed by atoms with Crippen molar-refractivity contribution in [2.24, 2.45) is 0 Å². The summed E-state index contributed by atoms with van der Waals surface area (Å²) in [6.45, 7) is 2.19. The van der Waals surface area contributed by atoms with Crippen LogP contribution in [-0.2, 0) is 10.3 Å². The molecule has 0 bridgehead atoms. The van der Waals surface area contributed by atoms with Crippen LogP contribution in [-0.4, -0.2) is 24.8 Å². The van der Waals surface area contributed by atoms with Gasteiger partial charge in [0.15, 0.2) is 0 Å². The summed E-state index contributed by atoms with van der Waals surface area (Å²) in [4.78, 5) is 11.3. The number of fused-ring (bicyclic) bond motifs is 1. The molecular weight excluding hydrogens is 208 g/mol. The van der Waals surface area contributed by atoms with Gasteiger partial charge in [-0.3, -0.25) is 0 Å². The zero-order valence-electron chi connectivity index (χ0n) is 9.32. The molecular formula is C12H14O4. The minimum absolute atomic E-state index is 0.406. The zero-order chi connectivity index (χ0) is 11.8. The molecule has 1 aliphatic heterocycles. The standard InChI is InChI=1S/C12H14O4/c1-12(14)5-6-16-10-7-8(11(13)15-2)3-4-9(10)12/h3-4,7,14H,5-6H2,1-2H3/t12-/m0/s1. The summed E-state index contributed by atoms with van der Waals surface area (Å²) in [5, 5.41) is 10.1. The maximum Gasteiger partial charge on any atom is 0.337 e. The van der Waals surface area contributed by atoms with E-state index in [2.05, 4.69) is 4.74 Å². The molecule has 1 atom stereocenters. The number of esters is 1. The van der Waals surface area contributed by atoms with Gasteiger partial charge >= 0.3 is 5.97 Å². The van der Waals surface area contributed by atoms with Gasteiger partial charge in [-0.25, -0.2) is 4.79 Å². The molecule has 1 N–H and O–H groups in total. The van der Waals surface area contributed by atoms with Crippen LogP contribution in [0.4, 0.5) is 0 Å². The minimum Gasteiger partial charge on any atom is -0.493 e. The molecule has 0 saturated heterocycles. The van der Waals surface area contributed by atoms with Gasteiger partial charge in [0, 0.05) is 12.0 Å². The van der Waals surface area contributed by atoms with Crippen molar-refractivity contribution in [1.82, 2.24) is 0 Å². The Morgan fingerprint density at radius 3 is 3.00 bits per heavy atom. The third-order valence-corrected chi connectivity index (χ3v) is 2.83. The Hall–Kier alpha value is -1.55. The summed E-state index contributed by atoms with van der Waals surface area (Å²) in [5.74, 6) is 0.149. The van der Waals surface area contributed by atoms with E-state index in [1.54, 1.807) is 25.1 Å². The third-order valence-electron chi connectivity index (χ3n) is 2.83. The summed E-state index contributed by atoms with van der Waals surface area (Å²) in [7, 11) is 1.33. The average Bonchev–Trinajstić information content (AvgIpc) is 2.27. The van der Waals surface area contributed by atoms with E-state index in [4.69, 9.17) is 4.74 Å². The Morgan fingerprint density at radius 2 is 2.31 bits per heavy atom. The van der Waals surface area contributed by atoms with Crippen molar-refractivity contribution in [2.75, 3.05) is 13.7 Å². The number of carbonyl (C=O) groups excluding carboxylic acids is 1. The smallest absolute Gasteiger partial charge is 0.337 e. The second-order valence-electron chi connectivity index (χ2n) is 4.07. The van der Waals surface area contributed by atoms with Crippen LogP contribution < -0.4 is 4.74 Å². The largest absolute Gasteiger partial charge is 0.493 e. The lowest BCUT2D eigenvalue weighted by atomic mass is 9.89. The summed E-state index contributed by atoms with van der Waals surface area (Å²) in [5.41, 5.74) is 0.257. The van der Waals surface area contributed by atoms with Gasteiger partial charge in [0.1, 0.15) is 5.75 Å². The van der Waals surface area contributed by atoms with E-state index in [0.29, 0.717) is 29.9 Å². The van der Waals surface area contributed by atoms with Gasteiger partial charge in [0.05, 0.1) is 24.9 Å². The van der Waals surface area contributed by atoms with E-state index < -0.39 is 11.6 Å². The summed E-state index contributed by atoms with van der Waals surface area (Å²) in [6, 6.07) is 4.95. The first-order chi connectivity index (χ1) is 7.54. The first-order valence-corrected chi connectivity index (χ1v) is 5.12. The van der Waals surface area contributed by atoms with Crippen molar-refractivity contribution in [3.05, 3.63) is 29.3 Å². The quantitative estimate of drug-likeness (QED) is 0.731. The Morgan fingerprint density at radius 1 is 1.56 bits per heavy atom. The van der Waals surface area contributed by atoms with Crippen molar-refractivity contribution >= 4 is 5.97 Å². The number of hydrogen-bond acceptors (Lipinski definition) is 4. The van der Waals surface area contributed by atoms with E-state index >= 15 is 0 Å². The molecule has 1 aromatic rings. The lowest BCUT2D eigenvalue weighted by molar-refractivity contribution is 0.0145. The molecule has 0 saturated carbocycles. The Balaban J connectivity index is 2.43. The number of carbonyl (C=O) groups is 1. The lowest BCUT2D eigenvalue weighted by Gasteiger charge is -2.31. The highest BCUT2D eigenvalue weighted by Crippen LogP contribution is 2.37. The van der Waals surface area contributed by atoms with Crippen LogP contribution in [0.25, 0.3) is 0 Å². The SMILES string of the molecule is COC(=O)c1ccc2c(c1)OCC[C@]2(C)O. The molecule has 0 unspecified atom stereocenters. The second-order valence-corrected chi connectivity index (χ2v) is 4.07. The van der Waals surface area contributed by atoms with Crippen LogP contribution >= 0.6 is 0 Å². The van der Waals surface area contributed by atoms with Crippen LogP contribution in [0.2, 0.25) is 0 Å². The third kappa shape index (κ3) is 1.76. The number of benzene rings is 1. The van der Waals surface area contributed by atoms with Crippen molar-refractivity contribution in [3.8, 4) is 5.75 Å². The van der Waals surface area contributed by atoms with E-state index in [0.717, 1.165) is 0 Å². The highest BCUT2D eigenvalue weighted by atomic mass is 16.5. The van der Waals surface area contributed by atoms with Gasteiger partial charge in [-0.2, -0.15) is 0 Å². The van der Waals surface area contributed by atoms with Crippen molar-refractivity contribution in [1.29, 1.82) is 0 Å². The molecule has 0 aromatic heterocycles. The van der Waals surface area contributed by atoms with Gasteiger partial charge in [-0.1, -0.05) is 6.07 Å². The molecule has 1 heterocycles. The van der Waals surface area contributed by atoms with Crippen molar-refractivity contribution in [3.63, 3.8) is 0 Å². The molecule has 4 heteroatoms. The van der Waals surface area contributed by atoms with Gasteiger partial charge in [-0.05, 0) is 19.1 Å². The molecule has 2 rings (SSSR count). The van der Waals surface area contributed by atoms with Crippen LogP contribution in [0.5, 0.6) is 5.75 Å². The Labute approximate surface area is 93.8 Å². The fourth-order valence-corrected chi connectivity index (χ4v) is 1.83. The molecule has 4 nitrogen and oxygen atoms in total. The molecule has 0 spiro atoms. The van der Waals surface area contributed by atoms with Crippen LogP contribution in [0.1, 0.15) is 29.3 Å². The Bertz CT molecular complexity index is 423. The maximum atomic E-state index is 11.3. The summed E-state index contributed by atoms with van der Waals surface area (Å²) >= 11 is 0. The zero-order valence-corrected chi connectivity index (χ0v) is 9.32. The minimum atomic E-state index is -0.887. The highest BCUT2D eigenvalue weighted by molar-refractivity contribution is 5.90. The van der Waals surface area contributed by atoms with E-state index in [9.17, 15) is 9.90 Å². The van der Waals surface area contributed by atoms with E-state index in [1.807, 2.05) is 0 Å². The van der Waals surface area contributed by atoms with Gasteiger partial charge in [0.25, 0.3) is 0 Å². The first-order valence-electron chi connectivity index (χ1n) is 5.12.